The van der Waals surface area contributed by atoms with E-state index < -0.39 is 11.7 Å². The van der Waals surface area contributed by atoms with E-state index in [4.69, 9.17) is 16.0 Å². The molecule has 0 bridgehead atoms. The first kappa shape index (κ1) is 12.7. The van der Waals surface area contributed by atoms with Crippen molar-refractivity contribution in [2.45, 2.75) is 6.18 Å². The third-order valence-electron chi connectivity index (χ3n) is 2.30. The summed E-state index contributed by atoms with van der Waals surface area (Å²) < 4.78 is 43.5. The van der Waals surface area contributed by atoms with Crippen molar-refractivity contribution < 1.29 is 22.4 Å². The Bertz CT molecular complexity index is 587. The molecule has 0 aliphatic carbocycles. The second-order valence-corrected chi connectivity index (χ2v) is 3.94. The van der Waals surface area contributed by atoms with E-state index in [2.05, 4.69) is 0 Å². The maximum Gasteiger partial charge on any atom is 0.417 e. The van der Waals surface area contributed by atoms with Gasteiger partial charge in [-0.25, -0.2) is 0 Å². The lowest BCUT2D eigenvalue weighted by molar-refractivity contribution is -0.137. The van der Waals surface area contributed by atoms with E-state index in [1.54, 1.807) is 0 Å². The van der Waals surface area contributed by atoms with Crippen LogP contribution in [-0.4, -0.2) is 6.29 Å². The Kier molecular flexibility index (Phi) is 3.17. The van der Waals surface area contributed by atoms with Gasteiger partial charge in [0.05, 0.1) is 5.56 Å². The number of rotatable bonds is 2. The van der Waals surface area contributed by atoms with Crippen LogP contribution in [0.15, 0.2) is 34.7 Å². The molecule has 0 N–H and O–H groups in total. The monoisotopic (exact) mass is 274 g/mol. The van der Waals surface area contributed by atoms with Crippen LogP contribution < -0.4 is 0 Å². The van der Waals surface area contributed by atoms with Crippen LogP contribution in [0.25, 0.3) is 11.3 Å². The van der Waals surface area contributed by atoms with Crippen LogP contribution in [-0.2, 0) is 6.18 Å². The van der Waals surface area contributed by atoms with Crippen molar-refractivity contribution in [3.63, 3.8) is 0 Å². The number of hydrogen-bond acceptors (Lipinski definition) is 2. The molecule has 0 fully saturated rings. The van der Waals surface area contributed by atoms with E-state index in [1.807, 2.05) is 0 Å². The molecule has 94 valence electrons. The van der Waals surface area contributed by atoms with Crippen molar-refractivity contribution in [3.05, 3.63) is 46.7 Å². The Morgan fingerprint density at radius 3 is 2.44 bits per heavy atom. The fraction of sp³-hybridized carbons (Fsp3) is 0.0833. The molecule has 0 saturated heterocycles. The van der Waals surface area contributed by atoms with Gasteiger partial charge in [0.2, 0.25) is 0 Å². The molecule has 0 spiro atoms. The third-order valence-corrected chi connectivity index (χ3v) is 2.53. The van der Waals surface area contributed by atoms with Gasteiger partial charge in [0, 0.05) is 10.6 Å². The summed E-state index contributed by atoms with van der Waals surface area (Å²) in [6, 6.07) is 5.97. The van der Waals surface area contributed by atoms with E-state index in [1.165, 1.54) is 24.3 Å². The zero-order valence-corrected chi connectivity index (χ0v) is 9.55. The molecule has 0 radical (unpaired) electrons. The predicted octanol–water partition coefficient (Wildman–Crippen LogP) is 4.43. The van der Waals surface area contributed by atoms with Gasteiger partial charge >= 0.3 is 6.18 Å². The van der Waals surface area contributed by atoms with Crippen LogP contribution in [0.1, 0.15) is 16.1 Å². The van der Waals surface area contributed by atoms with E-state index in [0.717, 1.165) is 6.07 Å². The average Bonchev–Trinajstić information content (AvgIpc) is 2.76. The number of halogens is 4. The fourth-order valence-corrected chi connectivity index (χ4v) is 1.70. The summed E-state index contributed by atoms with van der Waals surface area (Å²) in [5, 5.41) is -0.0201. The quantitative estimate of drug-likeness (QED) is 0.758. The number of carbonyl (C=O) groups excluding carboxylic acids is 1. The summed E-state index contributed by atoms with van der Waals surface area (Å²) in [5.41, 5.74) is -1.05. The maximum absolute atomic E-state index is 12.8. The fourth-order valence-electron chi connectivity index (χ4n) is 1.53. The molecular formula is C12H6ClF3O2. The topological polar surface area (TPSA) is 30.2 Å². The van der Waals surface area contributed by atoms with Gasteiger partial charge in [-0.1, -0.05) is 11.6 Å². The average molecular weight is 275 g/mol. The van der Waals surface area contributed by atoms with Gasteiger partial charge < -0.3 is 4.42 Å². The smallest absolute Gasteiger partial charge is 0.417 e. The summed E-state index contributed by atoms with van der Waals surface area (Å²) in [6.07, 6.45) is -4.12. The van der Waals surface area contributed by atoms with Gasteiger partial charge in [-0.2, -0.15) is 13.2 Å². The molecule has 0 unspecified atom stereocenters. The van der Waals surface area contributed by atoms with Gasteiger partial charge in [-0.15, -0.1) is 0 Å². The van der Waals surface area contributed by atoms with Gasteiger partial charge in [0.25, 0.3) is 0 Å². The highest BCUT2D eigenvalue weighted by atomic mass is 35.5. The van der Waals surface area contributed by atoms with Crippen LogP contribution in [0.3, 0.4) is 0 Å². The summed E-state index contributed by atoms with van der Waals surface area (Å²) in [6.45, 7) is 0. The molecule has 1 aromatic carbocycles. The first-order valence-corrected chi connectivity index (χ1v) is 5.22. The van der Waals surface area contributed by atoms with E-state index in [9.17, 15) is 18.0 Å². The first-order valence-electron chi connectivity index (χ1n) is 4.84. The minimum absolute atomic E-state index is 0.0201. The molecule has 6 heteroatoms. The minimum atomic E-state index is -4.55. The van der Waals surface area contributed by atoms with Crippen molar-refractivity contribution >= 4 is 17.9 Å². The Balaban J connectivity index is 2.60. The van der Waals surface area contributed by atoms with Crippen LogP contribution in [0.4, 0.5) is 13.2 Å². The molecule has 0 aliphatic heterocycles. The molecular weight excluding hydrogens is 269 g/mol. The number of benzene rings is 1. The number of aldehydes is 1. The summed E-state index contributed by atoms with van der Waals surface area (Å²) in [7, 11) is 0. The van der Waals surface area contributed by atoms with Crippen molar-refractivity contribution in [2.24, 2.45) is 0 Å². The molecule has 0 amide bonds. The lowest BCUT2D eigenvalue weighted by atomic mass is 10.1. The number of alkyl halides is 3. The largest absolute Gasteiger partial charge is 0.453 e. The van der Waals surface area contributed by atoms with Crippen LogP contribution in [0.5, 0.6) is 0 Å². The van der Waals surface area contributed by atoms with Crippen LogP contribution in [0, 0.1) is 0 Å². The molecule has 2 rings (SSSR count). The van der Waals surface area contributed by atoms with Crippen molar-refractivity contribution in [3.8, 4) is 11.3 Å². The van der Waals surface area contributed by atoms with Crippen molar-refractivity contribution in [1.29, 1.82) is 0 Å². The molecule has 18 heavy (non-hydrogen) atoms. The summed E-state index contributed by atoms with van der Waals surface area (Å²) in [5.74, 6) is -0.0610. The van der Waals surface area contributed by atoms with Gasteiger partial charge in [-0.05, 0) is 30.3 Å². The normalized spacial score (nSPS) is 11.6. The molecule has 0 aliphatic rings. The third kappa shape index (κ3) is 2.41. The Morgan fingerprint density at radius 1 is 1.17 bits per heavy atom. The second-order valence-electron chi connectivity index (χ2n) is 3.51. The van der Waals surface area contributed by atoms with Crippen LogP contribution in [0.2, 0.25) is 5.02 Å². The van der Waals surface area contributed by atoms with E-state index in [0.29, 0.717) is 6.29 Å². The van der Waals surface area contributed by atoms with E-state index in [-0.39, 0.29) is 22.1 Å². The SMILES string of the molecule is O=Cc1ccc(-c2ccc(Cl)cc2C(F)(F)F)o1. The predicted molar refractivity (Wildman–Crippen MR) is 59.5 cm³/mol. The molecule has 2 aromatic rings. The summed E-state index contributed by atoms with van der Waals surface area (Å²) in [4.78, 5) is 10.4. The van der Waals surface area contributed by atoms with Crippen LogP contribution >= 0.6 is 11.6 Å². The van der Waals surface area contributed by atoms with Gasteiger partial charge in [-0.3, -0.25) is 4.79 Å². The molecule has 1 aromatic heterocycles. The molecule has 1 heterocycles. The highest BCUT2D eigenvalue weighted by Gasteiger charge is 2.34. The van der Waals surface area contributed by atoms with Gasteiger partial charge in [0.1, 0.15) is 5.76 Å². The van der Waals surface area contributed by atoms with E-state index >= 15 is 0 Å². The highest BCUT2D eigenvalue weighted by molar-refractivity contribution is 6.30. The zero-order chi connectivity index (χ0) is 13.3. The second kappa shape index (κ2) is 4.49. The Morgan fingerprint density at radius 2 is 1.89 bits per heavy atom. The number of carbonyl (C=O) groups is 1. The van der Waals surface area contributed by atoms with Crippen molar-refractivity contribution in [2.75, 3.05) is 0 Å². The Labute approximate surface area is 105 Å². The number of furan rings is 1. The summed E-state index contributed by atoms with van der Waals surface area (Å²) >= 11 is 5.56. The molecule has 0 saturated carbocycles. The molecule has 0 atom stereocenters. The lowest BCUT2D eigenvalue weighted by Crippen LogP contribution is -2.06. The highest BCUT2D eigenvalue weighted by Crippen LogP contribution is 2.38. The maximum atomic E-state index is 12.8. The van der Waals surface area contributed by atoms with Gasteiger partial charge in [0.15, 0.2) is 12.0 Å². The zero-order valence-electron chi connectivity index (χ0n) is 8.79. The Hall–Kier alpha value is -1.75. The standard InChI is InChI=1S/C12H6ClF3O2/c13-7-1-3-9(10(5-7)12(14,15)16)11-4-2-8(6-17)18-11/h1-6H. The molecule has 2 nitrogen and oxygen atoms in total. The number of hydrogen-bond donors (Lipinski definition) is 0. The van der Waals surface area contributed by atoms with Crippen molar-refractivity contribution in [1.82, 2.24) is 0 Å². The minimum Gasteiger partial charge on any atom is -0.453 e. The lowest BCUT2D eigenvalue weighted by Gasteiger charge is -2.11. The first-order chi connectivity index (χ1) is 8.41.